The van der Waals surface area contributed by atoms with E-state index in [0.717, 1.165) is 43.4 Å². The number of nitro benzene ring substituents is 1. The van der Waals surface area contributed by atoms with Crippen LogP contribution in [0, 0.1) is 16.0 Å². The lowest BCUT2D eigenvalue weighted by Gasteiger charge is -2.41. The van der Waals surface area contributed by atoms with Gasteiger partial charge in [0.1, 0.15) is 0 Å². The van der Waals surface area contributed by atoms with Crippen molar-refractivity contribution in [2.75, 3.05) is 18.1 Å². The Morgan fingerprint density at radius 1 is 1.00 bits per heavy atom. The van der Waals surface area contributed by atoms with Crippen LogP contribution < -0.4 is 5.01 Å². The van der Waals surface area contributed by atoms with Crippen LogP contribution in [0.1, 0.15) is 51.4 Å². The van der Waals surface area contributed by atoms with E-state index in [1.54, 1.807) is 18.2 Å². The summed E-state index contributed by atoms with van der Waals surface area (Å²) in [6, 6.07) is 10.8. The predicted octanol–water partition coefficient (Wildman–Crippen LogP) is 5.06. The molecule has 28 heavy (non-hydrogen) atoms. The van der Waals surface area contributed by atoms with Crippen LogP contribution in [0.4, 0.5) is 11.4 Å². The minimum absolute atomic E-state index is 0.107. The fourth-order valence-corrected chi connectivity index (χ4v) is 4.68. The van der Waals surface area contributed by atoms with Crippen LogP contribution in [0.2, 0.25) is 0 Å². The third-order valence-electron chi connectivity index (χ3n) is 6.16. The maximum atomic E-state index is 13.0. The number of benzene rings is 2. The second-order valence-corrected chi connectivity index (χ2v) is 7.94. The summed E-state index contributed by atoms with van der Waals surface area (Å²) in [5, 5.41) is 16.8. The van der Waals surface area contributed by atoms with Crippen molar-refractivity contribution in [3.63, 3.8) is 0 Å². The maximum absolute atomic E-state index is 13.0. The molecule has 1 saturated carbocycles. The molecule has 0 unspecified atom stereocenters. The van der Waals surface area contributed by atoms with Crippen molar-refractivity contribution in [2.45, 2.75) is 51.4 Å². The molecule has 6 heteroatoms. The maximum Gasteiger partial charge on any atom is 0.277 e. The first kappa shape index (κ1) is 18.7. The van der Waals surface area contributed by atoms with E-state index in [0.29, 0.717) is 17.7 Å². The van der Waals surface area contributed by atoms with E-state index in [9.17, 15) is 14.9 Å². The quantitative estimate of drug-likeness (QED) is 0.536. The number of carbonyl (C=O) groups is 1. The number of hydrogen-bond acceptors (Lipinski definition) is 4. The molecular formula is C22H27N3O3. The van der Waals surface area contributed by atoms with Gasteiger partial charge in [-0.2, -0.15) is 0 Å². The Balaban J connectivity index is 1.61. The molecule has 0 N–H and O–H groups in total. The van der Waals surface area contributed by atoms with Crippen LogP contribution in [-0.4, -0.2) is 28.9 Å². The van der Waals surface area contributed by atoms with Crippen molar-refractivity contribution in [1.29, 1.82) is 0 Å². The summed E-state index contributed by atoms with van der Waals surface area (Å²) in [4.78, 5) is 24.1. The van der Waals surface area contributed by atoms with E-state index in [-0.39, 0.29) is 16.5 Å². The first-order valence-corrected chi connectivity index (χ1v) is 10.4. The molecule has 1 aliphatic carbocycles. The zero-order valence-electron chi connectivity index (χ0n) is 16.2. The number of hydrazine groups is 1. The summed E-state index contributed by atoms with van der Waals surface area (Å²) < 4.78 is 0. The van der Waals surface area contributed by atoms with E-state index in [1.807, 2.05) is 28.2 Å². The van der Waals surface area contributed by atoms with Gasteiger partial charge < -0.3 is 0 Å². The minimum Gasteiger partial charge on any atom is -0.282 e. The topological polar surface area (TPSA) is 66.7 Å². The van der Waals surface area contributed by atoms with Crippen molar-refractivity contribution in [3.8, 4) is 0 Å². The van der Waals surface area contributed by atoms with Gasteiger partial charge in [0.05, 0.1) is 16.0 Å². The van der Waals surface area contributed by atoms with Crippen molar-refractivity contribution < 1.29 is 9.72 Å². The highest BCUT2D eigenvalue weighted by Gasteiger charge is 2.28. The number of anilines is 1. The third-order valence-corrected chi connectivity index (χ3v) is 6.16. The molecule has 2 aliphatic rings. The van der Waals surface area contributed by atoms with Gasteiger partial charge in [-0.05, 0) is 37.3 Å². The Bertz CT molecular complexity index is 876. The molecule has 1 amide bonds. The van der Waals surface area contributed by atoms with Gasteiger partial charge >= 0.3 is 0 Å². The van der Waals surface area contributed by atoms with Crippen LogP contribution in [0.3, 0.4) is 0 Å². The molecule has 1 aliphatic heterocycles. The molecule has 0 aromatic heterocycles. The summed E-state index contributed by atoms with van der Waals surface area (Å²) >= 11 is 0. The summed E-state index contributed by atoms with van der Waals surface area (Å²) in [7, 11) is 0. The Labute approximate surface area is 165 Å². The van der Waals surface area contributed by atoms with Gasteiger partial charge in [-0.3, -0.25) is 24.9 Å². The zero-order valence-corrected chi connectivity index (χ0v) is 16.2. The number of non-ortho nitro benzene ring substituents is 1. The standard InChI is InChI=1S/C22H27N3O3/c26-22(14-11-17-7-1-2-8-17)24-16-6-5-15-23(24)20-12-13-21(25(27)28)19-10-4-3-9-18(19)20/h3-4,9-10,12-13,17H,1-2,5-8,11,14-16H2. The second kappa shape index (κ2) is 8.17. The highest BCUT2D eigenvalue weighted by atomic mass is 16.6. The van der Waals surface area contributed by atoms with E-state index in [4.69, 9.17) is 0 Å². The third kappa shape index (κ3) is 3.68. The van der Waals surface area contributed by atoms with Crippen molar-refractivity contribution in [1.82, 2.24) is 5.01 Å². The highest BCUT2D eigenvalue weighted by molar-refractivity contribution is 6.00. The van der Waals surface area contributed by atoms with Gasteiger partial charge in [0.25, 0.3) is 5.69 Å². The van der Waals surface area contributed by atoms with Crippen molar-refractivity contribution in [2.24, 2.45) is 5.92 Å². The Kier molecular flexibility index (Phi) is 5.46. The fourth-order valence-electron chi connectivity index (χ4n) is 4.68. The molecule has 0 radical (unpaired) electrons. The van der Waals surface area contributed by atoms with Crippen molar-refractivity contribution in [3.05, 3.63) is 46.5 Å². The van der Waals surface area contributed by atoms with Crippen molar-refractivity contribution >= 4 is 28.1 Å². The number of nitrogens with zero attached hydrogens (tertiary/aromatic N) is 3. The van der Waals surface area contributed by atoms with Crippen LogP contribution >= 0.6 is 0 Å². The second-order valence-electron chi connectivity index (χ2n) is 7.94. The molecule has 6 nitrogen and oxygen atoms in total. The smallest absolute Gasteiger partial charge is 0.277 e. The van der Waals surface area contributed by atoms with E-state index >= 15 is 0 Å². The Morgan fingerprint density at radius 2 is 1.71 bits per heavy atom. The fraction of sp³-hybridized carbons (Fsp3) is 0.500. The number of carbonyl (C=O) groups excluding carboxylic acids is 1. The van der Waals surface area contributed by atoms with Gasteiger partial charge in [0.15, 0.2) is 0 Å². The van der Waals surface area contributed by atoms with Crippen LogP contribution in [0.25, 0.3) is 10.8 Å². The molecule has 148 valence electrons. The normalized spacial score (nSPS) is 18.0. The largest absolute Gasteiger partial charge is 0.282 e. The van der Waals surface area contributed by atoms with E-state index in [1.165, 1.54) is 25.7 Å². The van der Waals surface area contributed by atoms with Crippen LogP contribution in [0.15, 0.2) is 36.4 Å². The number of hydrogen-bond donors (Lipinski definition) is 0. The SMILES string of the molecule is O=C(CCC1CCCC1)N1CCCCN1c1ccc([N+](=O)[O-])c2ccccc12. The van der Waals surface area contributed by atoms with Gasteiger partial charge in [0.2, 0.25) is 5.91 Å². The molecule has 1 saturated heterocycles. The van der Waals surface area contributed by atoms with Gasteiger partial charge in [-0.25, -0.2) is 0 Å². The number of fused-ring (bicyclic) bond motifs is 1. The average Bonchev–Trinajstić information content (AvgIpc) is 3.25. The predicted molar refractivity (Wildman–Crippen MR) is 110 cm³/mol. The molecule has 2 aromatic rings. The van der Waals surface area contributed by atoms with Gasteiger partial charge in [0, 0.05) is 31.0 Å². The summed E-state index contributed by atoms with van der Waals surface area (Å²) in [6.45, 7) is 1.48. The first-order valence-electron chi connectivity index (χ1n) is 10.4. The van der Waals surface area contributed by atoms with Crippen LogP contribution in [-0.2, 0) is 4.79 Å². The Hall–Kier alpha value is -2.63. The summed E-state index contributed by atoms with van der Waals surface area (Å²) in [5.41, 5.74) is 0.991. The molecule has 1 heterocycles. The van der Waals surface area contributed by atoms with E-state index in [2.05, 4.69) is 0 Å². The summed E-state index contributed by atoms with van der Waals surface area (Å²) in [6.07, 6.45) is 8.67. The molecule has 4 rings (SSSR count). The number of amides is 1. The average molecular weight is 381 g/mol. The van der Waals surface area contributed by atoms with Gasteiger partial charge in [-0.1, -0.05) is 43.9 Å². The molecule has 2 aromatic carbocycles. The molecule has 0 spiro atoms. The number of nitro groups is 1. The molecule has 2 fully saturated rings. The van der Waals surface area contributed by atoms with Gasteiger partial charge in [-0.15, -0.1) is 0 Å². The van der Waals surface area contributed by atoms with E-state index < -0.39 is 0 Å². The number of rotatable bonds is 5. The highest BCUT2D eigenvalue weighted by Crippen LogP contribution is 2.36. The molecule has 0 bridgehead atoms. The molecular weight excluding hydrogens is 354 g/mol. The monoisotopic (exact) mass is 381 g/mol. The lowest BCUT2D eigenvalue weighted by Crippen LogP contribution is -2.50. The lowest BCUT2D eigenvalue weighted by atomic mass is 10.0. The minimum atomic E-state index is -0.340. The zero-order chi connectivity index (χ0) is 19.5. The Morgan fingerprint density at radius 3 is 2.46 bits per heavy atom. The lowest BCUT2D eigenvalue weighted by molar-refractivity contribution is -0.383. The van der Waals surface area contributed by atoms with Crippen LogP contribution in [0.5, 0.6) is 0 Å². The first-order chi connectivity index (χ1) is 13.6. The molecule has 0 atom stereocenters. The summed E-state index contributed by atoms with van der Waals surface area (Å²) in [5.74, 6) is 0.872.